The fourth-order valence-electron chi connectivity index (χ4n) is 4.58. The predicted octanol–water partition coefficient (Wildman–Crippen LogP) is -3.06. The second-order valence-electron chi connectivity index (χ2n) is 8.74. The number of carbonyl (C=O) groups is 2. The second-order valence-corrected chi connectivity index (χ2v) is 8.74. The summed E-state index contributed by atoms with van der Waals surface area (Å²) in [5, 5.41) is 3.24. The van der Waals surface area contributed by atoms with E-state index in [1.54, 1.807) is 4.90 Å². The molecule has 1 aliphatic rings. The molecule has 1 saturated heterocycles. The largest absolute Gasteiger partial charge is 1.00 e. The highest BCUT2D eigenvalue weighted by molar-refractivity contribution is 5.90. The van der Waals surface area contributed by atoms with Crippen molar-refractivity contribution >= 4 is 11.8 Å². The van der Waals surface area contributed by atoms with E-state index >= 15 is 0 Å². The Balaban J connectivity index is 0.00000216. The van der Waals surface area contributed by atoms with E-state index in [0.29, 0.717) is 25.8 Å². The summed E-state index contributed by atoms with van der Waals surface area (Å²) in [7, 11) is 0. The summed E-state index contributed by atoms with van der Waals surface area (Å²) in [5.74, 6) is -0.131. The highest BCUT2D eigenvalue weighted by Crippen LogP contribution is 2.23. The number of nitrogens with zero attached hydrogens (tertiary/aromatic N) is 1. The maximum absolute atomic E-state index is 13.4. The molecule has 7 heteroatoms. The minimum Gasteiger partial charge on any atom is -1.00 e. The zero-order chi connectivity index (χ0) is 23.0. The molecule has 2 amide bonds. The summed E-state index contributed by atoms with van der Waals surface area (Å²) < 4.78 is 0. The Kier molecular flexibility index (Phi) is 11.3. The third-order valence-electron chi connectivity index (χ3n) is 6.31. The lowest BCUT2D eigenvalue weighted by molar-refractivity contribution is -0.405. The van der Waals surface area contributed by atoms with Crippen molar-refractivity contribution in [2.24, 2.45) is 0 Å². The van der Waals surface area contributed by atoms with Gasteiger partial charge in [-0.15, -0.1) is 0 Å². The van der Waals surface area contributed by atoms with Gasteiger partial charge >= 0.3 is 0 Å². The number of halogens is 2. The Labute approximate surface area is 219 Å². The number of rotatable bonds is 8. The molecule has 0 aromatic heterocycles. The first-order valence-corrected chi connectivity index (χ1v) is 11.7. The molecule has 4 N–H and O–H groups in total. The van der Waals surface area contributed by atoms with Crippen LogP contribution in [0.5, 0.6) is 0 Å². The van der Waals surface area contributed by atoms with Gasteiger partial charge in [0.25, 0.3) is 5.91 Å². The molecule has 5 nitrogen and oxygen atoms in total. The summed E-state index contributed by atoms with van der Waals surface area (Å²) >= 11 is 0. The van der Waals surface area contributed by atoms with Crippen LogP contribution in [0, 0.1) is 0 Å². The first-order valence-electron chi connectivity index (χ1n) is 11.7. The van der Waals surface area contributed by atoms with Crippen molar-refractivity contribution in [3.63, 3.8) is 0 Å². The molecular weight excluding hydrogens is 481 g/mol. The van der Waals surface area contributed by atoms with Crippen molar-refractivity contribution in [1.29, 1.82) is 0 Å². The fourth-order valence-corrected chi connectivity index (χ4v) is 4.58. The van der Waals surface area contributed by atoms with Crippen LogP contribution in [-0.4, -0.2) is 35.3 Å². The van der Waals surface area contributed by atoms with Gasteiger partial charge in [0.2, 0.25) is 5.91 Å². The van der Waals surface area contributed by atoms with Gasteiger partial charge in [-0.1, -0.05) is 91.0 Å². The van der Waals surface area contributed by atoms with Crippen LogP contribution in [0.2, 0.25) is 0 Å². The normalized spacial score (nSPS) is 16.4. The molecule has 0 aliphatic carbocycles. The third kappa shape index (κ3) is 7.56. The van der Waals surface area contributed by atoms with Crippen molar-refractivity contribution < 1.29 is 40.1 Å². The van der Waals surface area contributed by atoms with Crippen LogP contribution in [0.25, 0.3) is 0 Å². The van der Waals surface area contributed by atoms with Crippen LogP contribution >= 0.6 is 0 Å². The SMILES string of the molecule is [Cl-].[Cl-].[NH3+][C@@H](Cc1ccccc1)C(=O)N1CCC[C@H]1C(=O)N[C@@H](Cc1ccccc1)c1ccccc1. The number of carbonyl (C=O) groups excluding carboxylic acids is 2. The maximum Gasteiger partial charge on any atom is 0.281 e. The van der Waals surface area contributed by atoms with Crippen LogP contribution in [0.1, 0.15) is 35.6 Å². The van der Waals surface area contributed by atoms with Crippen LogP contribution in [-0.2, 0) is 22.4 Å². The Bertz CT molecular complexity index is 1050. The molecule has 1 fully saturated rings. The van der Waals surface area contributed by atoms with Gasteiger partial charge in [-0.05, 0) is 36.0 Å². The van der Waals surface area contributed by atoms with Crippen LogP contribution in [0.15, 0.2) is 91.0 Å². The lowest BCUT2D eigenvalue weighted by Gasteiger charge is -2.28. The number of hydrogen-bond donors (Lipinski definition) is 2. The number of quaternary nitrogens is 1. The molecule has 3 atom stereocenters. The van der Waals surface area contributed by atoms with E-state index in [1.165, 1.54) is 0 Å². The van der Waals surface area contributed by atoms with E-state index in [0.717, 1.165) is 23.1 Å². The molecule has 3 aromatic carbocycles. The van der Waals surface area contributed by atoms with Crippen LogP contribution in [0.4, 0.5) is 0 Å². The summed E-state index contributed by atoms with van der Waals surface area (Å²) in [6.07, 6.45) is 2.79. The van der Waals surface area contributed by atoms with Gasteiger partial charge in [0.05, 0.1) is 6.04 Å². The second kappa shape index (κ2) is 13.9. The van der Waals surface area contributed by atoms with E-state index in [1.807, 2.05) is 78.9 Å². The summed E-state index contributed by atoms with van der Waals surface area (Å²) in [6, 6.07) is 29.1. The third-order valence-corrected chi connectivity index (χ3v) is 6.31. The number of likely N-dealkylation sites (tertiary alicyclic amines) is 1. The van der Waals surface area contributed by atoms with Crippen molar-refractivity contribution in [2.75, 3.05) is 6.54 Å². The van der Waals surface area contributed by atoms with E-state index in [-0.39, 0.29) is 42.7 Å². The Morgan fingerprint density at radius 2 is 1.34 bits per heavy atom. The number of nitrogens with one attached hydrogen (secondary N) is 1. The van der Waals surface area contributed by atoms with Gasteiger partial charge in [0.1, 0.15) is 6.04 Å². The quantitative estimate of drug-likeness (QED) is 0.336. The Morgan fingerprint density at radius 3 is 1.91 bits per heavy atom. The minimum atomic E-state index is -0.445. The highest BCUT2D eigenvalue weighted by Gasteiger charge is 2.38. The van der Waals surface area contributed by atoms with E-state index in [2.05, 4.69) is 23.2 Å². The van der Waals surface area contributed by atoms with E-state index < -0.39 is 12.1 Å². The van der Waals surface area contributed by atoms with Crippen molar-refractivity contribution in [2.45, 2.75) is 43.8 Å². The summed E-state index contributed by atoms with van der Waals surface area (Å²) in [5.41, 5.74) is 7.41. The smallest absolute Gasteiger partial charge is 0.281 e. The van der Waals surface area contributed by atoms with Crippen molar-refractivity contribution in [3.05, 3.63) is 108 Å². The Morgan fingerprint density at radius 1 is 0.829 bits per heavy atom. The molecule has 35 heavy (non-hydrogen) atoms. The monoisotopic (exact) mass is 512 g/mol. The summed E-state index contributed by atoms with van der Waals surface area (Å²) in [6.45, 7) is 0.604. The van der Waals surface area contributed by atoms with Gasteiger partial charge in [-0.3, -0.25) is 9.59 Å². The predicted molar refractivity (Wildman–Crippen MR) is 129 cm³/mol. The number of amides is 2. The first kappa shape index (κ1) is 28.4. The molecule has 186 valence electrons. The molecule has 0 saturated carbocycles. The van der Waals surface area contributed by atoms with Crippen molar-refractivity contribution in [3.8, 4) is 0 Å². The standard InChI is InChI=1S/C28H31N3O2.2ClH/c29-24(19-21-11-4-1-5-12-21)28(33)31-18-10-17-26(31)27(32)30-25(23-15-8-3-9-16-23)20-22-13-6-2-7-14-22;;/h1-9,11-16,24-26H,10,17-20,29H2,(H,30,32);2*1H/p-1/t24-,25-,26-;;/m0../s1. The van der Waals surface area contributed by atoms with Gasteiger partial charge in [0.15, 0.2) is 6.04 Å². The van der Waals surface area contributed by atoms with E-state index in [9.17, 15) is 9.59 Å². The topological polar surface area (TPSA) is 77.1 Å². The molecular formula is C28H32Cl2N3O2-. The van der Waals surface area contributed by atoms with Gasteiger partial charge in [-0.2, -0.15) is 0 Å². The lowest BCUT2D eigenvalue weighted by Crippen LogP contribution is -3.00. The van der Waals surface area contributed by atoms with E-state index in [4.69, 9.17) is 0 Å². The number of benzene rings is 3. The van der Waals surface area contributed by atoms with Crippen LogP contribution < -0.4 is 35.9 Å². The zero-order valence-corrected chi connectivity index (χ0v) is 21.2. The molecule has 0 bridgehead atoms. The highest BCUT2D eigenvalue weighted by atomic mass is 35.5. The van der Waals surface area contributed by atoms with Gasteiger partial charge < -0.3 is 40.8 Å². The molecule has 1 heterocycles. The lowest BCUT2D eigenvalue weighted by atomic mass is 9.98. The fraction of sp³-hybridized carbons (Fsp3) is 0.286. The molecule has 0 radical (unpaired) electrons. The number of hydrogen-bond acceptors (Lipinski definition) is 2. The first-order chi connectivity index (χ1) is 16.1. The zero-order valence-electron chi connectivity index (χ0n) is 19.7. The molecule has 4 rings (SSSR count). The van der Waals surface area contributed by atoms with Gasteiger partial charge in [-0.25, -0.2) is 0 Å². The molecule has 1 aliphatic heterocycles. The maximum atomic E-state index is 13.4. The average molecular weight is 513 g/mol. The molecule has 0 unspecified atom stereocenters. The summed E-state index contributed by atoms with van der Waals surface area (Å²) in [4.78, 5) is 28.3. The molecule has 3 aromatic rings. The molecule has 0 spiro atoms. The van der Waals surface area contributed by atoms with Crippen molar-refractivity contribution in [1.82, 2.24) is 10.2 Å². The van der Waals surface area contributed by atoms with Gasteiger partial charge in [0, 0.05) is 13.0 Å². The van der Waals surface area contributed by atoms with Crippen LogP contribution in [0.3, 0.4) is 0 Å². The minimum absolute atomic E-state index is 0. The Hall–Kier alpha value is -2.86. The average Bonchev–Trinajstić information content (AvgIpc) is 3.35.